The van der Waals surface area contributed by atoms with E-state index in [0.29, 0.717) is 12.1 Å². The molecule has 36 heavy (non-hydrogen) atoms. The molecule has 0 aliphatic rings. The highest BCUT2D eigenvalue weighted by molar-refractivity contribution is 6.31. The molecule has 0 aliphatic heterocycles. The first-order valence-electron chi connectivity index (χ1n) is 9.39. The fourth-order valence-corrected chi connectivity index (χ4v) is 3.10. The Morgan fingerprint density at radius 3 is 2.28 bits per heavy atom. The molecule has 0 fully saturated rings. The third kappa shape index (κ3) is 6.04. The first-order chi connectivity index (χ1) is 16.7. The van der Waals surface area contributed by atoms with Crippen molar-refractivity contribution in [1.82, 2.24) is 4.98 Å². The van der Waals surface area contributed by atoms with Gasteiger partial charge in [-0.25, -0.2) is 9.78 Å². The fourth-order valence-electron chi connectivity index (χ4n) is 2.88. The lowest BCUT2D eigenvalue weighted by Gasteiger charge is -2.17. The van der Waals surface area contributed by atoms with Gasteiger partial charge in [0.1, 0.15) is 5.75 Å². The molecule has 0 spiro atoms. The zero-order chi connectivity index (χ0) is 26.8. The molecule has 4 N–H and O–H groups in total. The van der Waals surface area contributed by atoms with Crippen LogP contribution in [0.25, 0.3) is 0 Å². The second-order valence-electron chi connectivity index (χ2n) is 6.88. The normalized spacial score (nSPS) is 11.6. The number of nitrogens with one attached hydrogen (secondary N) is 2. The minimum absolute atomic E-state index is 0.389. The molecule has 2 amide bonds. The van der Waals surface area contributed by atoms with Gasteiger partial charge in [0.2, 0.25) is 11.6 Å². The summed E-state index contributed by atoms with van der Waals surface area (Å²) in [6.45, 7) is 0. The summed E-state index contributed by atoms with van der Waals surface area (Å²) in [5.74, 6) is -1.50. The van der Waals surface area contributed by atoms with Crippen LogP contribution in [0.5, 0.6) is 11.5 Å². The second-order valence-corrected chi connectivity index (χ2v) is 7.29. The molecule has 3 rings (SSSR count). The molecular weight excluding hydrogens is 524 g/mol. The van der Waals surface area contributed by atoms with E-state index in [4.69, 9.17) is 22.1 Å². The van der Waals surface area contributed by atoms with Crippen LogP contribution in [-0.2, 0) is 12.4 Å². The maximum atomic E-state index is 13.6. The minimum Gasteiger partial charge on any atom is -0.450 e. The Kier molecular flexibility index (Phi) is 7.15. The molecule has 9 nitrogen and oxygen atoms in total. The van der Waals surface area contributed by atoms with Gasteiger partial charge in [-0.1, -0.05) is 11.6 Å². The number of nitrogens with zero attached hydrogens (tertiary/aromatic N) is 2. The number of hydrogen-bond donors (Lipinski definition) is 3. The number of ether oxygens (including phenoxy) is 1. The van der Waals surface area contributed by atoms with Gasteiger partial charge >= 0.3 is 24.1 Å². The molecule has 2 aromatic carbocycles. The number of benzene rings is 2. The van der Waals surface area contributed by atoms with Crippen LogP contribution in [0, 0.1) is 10.1 Å². The highest BCUT2D eigenvalue weighted by Crippen LogP contribution is 2.40. The smallest absolute Gasteiger partial charge is 0.418 e. The Morgan fingerprint density at radius 2 is 1.67 bits per heavy atom. The standard InChI is InChI=1S/C20H12ClF6N5O4/c21-13-3-1-9(7-11(13)19(22,23)24)30-18(33)31-14-4-2-10(8-12(14)20(25,26)27)36-15-5-6-29-17(28)16(15)32(34)35/h1-8H,(H2,28,29)(H2,30,31,33). The zero-order valence-electron chi connectivity index (χ0n) is 17.4. The topological polar surface area (TPSA) is 132 Å². The van der Waals surface area contributed by atoms with Gasteiger partial charge in [0, 0.05) is 18.0 Å². The van der Waals surface area contributed by atoms with E-state index in [1.54, 1.807) is 0 Å². The van der Waals surface area contributed by atoms with E-state index < -0.39 is 68.1 Å². The lowest BCUT2D eigenvalue weighted by atomic mass is 10.1. The minimum atomic E-state index is -5.03. The van der Waals surface area contributed by atoms with Crippen LogP contribution in [0.4, 0.5) is 54.0 Å². The average molecular weight is 536 g/mol. The number of pyridine rings is 1. The molecule has 1 aromatic heterocycles. The van der Waals surface area contributed by atoms with Gasteiger partial charge < -0.3 is 21.1 Å². The van der Waals surface area contributed by atoms with Crippen LogP contribution in [0.3, 0.4) is 0 Å². The van der Waals surface area contributed by atoms with E-state index >= 15 is 0 Å². The van der Waals surface area contributed by atoms with Crippen molar-refractivity contribution in [3.05, 3.63) is 74.9 Å². The van der Waals surface area contributed by atoms with Gasteiger partial charge in [-0.2, -0.15) is 26.3 Å². The number of hydrogen-bond acceptors (Lipinski definition) is 6. The Hall–Kier alpha value is -4.27. The number of nitrogens with two attached hydrogens (primary N) is 1. The third-order valence-electron chi connectivity index (χ3n) is 4.40. The van der Waals surface area contributed by atoms with E-state index in [-0.39, 0.29) is 5.69 Å². The van der Waals surface area contributed by atoms with Crippen molar-refractivity contribution in [3.8, 4) is 11.5 Å². The molecule has 1 heterocycles. The Bertz CT molecular complexity index is 1330. The summed E-state index contributed by atoms with van der Waals surface area (Å²) < 4.78 is 85.1. The van der Waals surface area contributed by atoms with Crippen molar-refractivity contribution >= 4 is 40.5 Å². The van der Waals surface area contributed by atoms with Gasteiger partial charge in [-0.3, -0.25) is 10.1 Å². The number of nitro groups is 1. The van der Waals surface area contributed by atoms with Gasteiger partial charge in [-0.05, 0) is 36.4 Å². The lowest BCUT2D eigenvalue weighted by molar-refractivity contribution is -0.384. The summed E-state index contributed by atoms with van der Waals surface area (Å²) in [5, 5.41) is 14.4. The number of nitrogen functional groups attached to an aromatic ring is 1. The van der Waals surface area contributed by atoms with E-state index in [1.807, 2.05) is 10.6 Å². The predicted molar refractivity (Wildman–Crippen MR) is 116 cm³/mol. The number of urea groups is 1. The molecular formula is C20H12ClF6N5O4. The van der Waals surface area contributed by atoms with Gasteiger partial charge in [0.05, 0.1) is 26.8 Å². The number of carbonyl (C=O) groups excluding carboxylic acids is 1. The van der Waals surface area contributed by atoms with Gasteiger partial charge in [-0.15, -0.1) is 0 Å². The molecule has 0 bridgehead atoms. The van der Waals surface area contributed by atoms with Crippen LogP contribution in [0.15, 0.2) is 48.7 Å². The number of carbonyl (C=O) groups is 1. The maximum Gasteiger partial charge on any atom is 0.418 e. The summed E-state index contributed by atoms with van der Waals surface area (Å²) in [6, 6.07) is 4.33. The first kappa shape index (κ1) is 26.3. The molecule has 0 saturated heterocycles. The predicted octanol–water partition coefficient (Wildman–Crippen LogP) is 6.70. The maximum absolute atomic E-state index is 13.6. The quantitative estimate of drug-likeness (QED) is 0.189. The van der Waals surface area contributed by atoms with Crippen LogP contribution < -0.4 is 21.1 Å². The Morgan fingerprint density at radius 1 is 1.00 bits per heavy atom. The van der Waals surface area contributed by atoms with E-state index in [9.17, 15) is 41.3 Å². The summed E-state index contributed by atoms with van der Waals surface area (Å²) in [4.78, 5) is 26.0. The average Bonchev–Trinajstić information content (AvgIpc) is 2.74. The van der Waals surface area contributed by atoms with Crippen LogP contribution in [0.2, 0.25) is 5.02 Å². The van der Waals surface area contributed by atoms with Crippen molar-refractivity contribution in [2.75, 3.05) is 16.4 Å². The monoisotopic (exact) mass is 535 g/mol. The summed E-state index contributed by atoms with van der Waals surface area (Å²) >= 11 is 5.49. The number of anilines is 3. The van der Waals surface area contributed by atoms with E-state index in [2.05, 4.69) is 4.98 Å². The molecule has 190 valence electrons. The van der Waals surface area contributed by atoms with E-state index in [0.717, 1.165) is 36.5 Å². The fraction of sp³-hybridized carbons (Fsp3) is 0.100. The SMILES string of the molecule is Nc1nccc(Oc2ccc(NC(=O)Nc3ccc(Cl)c(C(F)(F)F)c3)c(C(F)(F)F)c2)c1[N+](=O)[O-]. The first-order valence-corrected chi connectivity index (χ1v) is 9.77. The highest BCUT2D eigenvalue weighted by Gasteiger charge is 2.36. The number of halogens is 7. The molecule has 0 atom stereocenters. The summed E-state index contributed by atoms with van der Waals surface area (Å²) in [6.07, 6.45) is -8.82. The van der Waals surface area contributed by atoms with Crippen LogP contribution in [0.1, 0.15) is 11.1 Å². The molecule has 0 unspecified atom stereocenters. The molecule has 3 aromatic rings. The van der Waals surface area contributed by atoms with Crippen LogP contribution >= 0.6 is 11.6 Å². The molecule has 0 aliphatic carbocycles. The van der Waals surface area contributed by atoms with Gasteiger partial charge in [0.25, 0.3) is 0 Å². The molecule has 16 heteroatoms. The second kappa shape index (κ2) is 9.77. The number of amides is 2. The highest BCUT2D eigenvalue weighted by atomic mass is 35.5. The van der Waals surface area contributed by atoms with Crippen LogP contribution in [-0.4, -0.2) is 15.9 Å². The zero-order valence-corrected chi connectivity index (χ0v) is 18.1. The number of alkyl halides is 6. The Balaban J connectivity index is 1.87. The van der Waals surface area contributed by atoms with Crippen molar-refractivity contribution in [1.29, 1.82) is 0 Å². The third-order valence-corrected chi connectivity index (χ3v) is 4.73. The molecule has 0 radical (unpaired) electrons. The number of aromatic nitrogens is 1. The largest absolute Gasteiger partial charge is 0.450 e. The Labute approximate surface area is 202 Å². The summed E-state index contributed by atoms with van der Waals surface area (Å²) in [5.41, 5.74) is 0.818. The van der Waals surface area contributed by atoms with Crippen molar-refractivity contribution in [2.45, 2.75) is 12.4 Å². The van der Waals surface area contributed by atoms with E-state index in [1.165, 1.54) is 0 Å². The van der Waals surface area contributed by atoms with Crippen molar-refractivity contribution < 1.29 is 40.8 Å². The number of rotatable bonds is 5. The van der Waals surface area contributed by atoms with Crippen molar-refractivity contribution in [3.63, 3.8) is 0 Å². The molecule has 0 saturated carbocycles. The van der Waals surface area contributed by atoms with Gasteiger partial charge in [0.15, 0.2) is 0 Å². The summed E-state index contributed by atoms with van der Waals surface area (Å²) in [7, 11) is 0. The lowest BCUT2D eigenvalue weighted by Crippen LogP contribution is -2.22. The van der Waals surface area contributed by atoms with Crippen molar-refractivity contribution in [2.24, 2.45) is 0 Å².